The Morgan fingerprint density at radius 1 is 1.00 bits per heavy atom. The van der Waals surface area contributed by atoms with Crippen LogP contribution in [0.15, 0.2) is 12.7 Å². The van der Waals surface area contributed by atoms with Crippen molar-refractivity contribution in [2.75, 3.05) is 0 Å². The molecule has 2 aliphatic carbocycles. The summed E-state index contributed by atoms with van der Waals surface area (Å²) in [7, 11) is 0. The molecule has 23 heavy (non-hydrogen) atoms. The van der Waals surface area contributed by atoms with Gasteiger partial charge in [0.1, 0.15) is 0 Å². The van der Waals surface area contributed by atoms with E-state index in [1.165, 1.54) is 0 Å². The molecule has 0 radical (unpaired) electrons. The van der Waals surface area contributed by atoms with E-state index in [2.05, 4.69) is 41.2 Å². The molecule has 0 aromatic carbocycles. The molecule has 0 bridgehead atoms. The topological polar surface area (TPSA) is 49.7 Å². The molecular weight excluding hydrogens is 288 g/mol. The summed E-state index contributed by atoms with van der Waals surface area (Å²) in [6.07, 6.45) is 5.52. The van der Waals surface area contributed by atoms with Crippen LogP contribution >= 0.6 is 0 Å². The van der Waals surface area contributed by atoms with E-state index in [0.29, 0.717) is 18.3 Å². The van der Waals surface area contributed by atoms with Crippen molar-refractivity contribution in [2.24, 2.45) is 22.7 Å². The lowest BCUT2D eigenvalue weighted by Crippen LogP contribution is -2.66. The van der Waals surface area contributed by atoms with Gasteiger partial charge in [0.25, 0.3) is 0 Å². The van der Waals surface area contributed by atoms with Crippen LogP contribution in [0, 0.1) is 22.7 Å². The number of fused-ring (bicyclic) bond motifs is 3. The maximum absolute atomic E-state index is 10.5. The third-order valence-corrected chi connectivity index (χ3v) is 7.76. The molecule has 0 amide bonds. The van der Waals surface area contributed by atoms with Crippen molar-refractivity contribution in [3.05, 3.63) is 12.7 Å². The molecule has 2 saturated carbocycles. The minimum absolute atomic E-state index is 0.0116. The predicted octanol–water partition coefficient (Wildman–Crippen LogP) is 3.68. The van der Waals surface area contributed by atoms with Crippen LogP contribution in [0.25, 0.3) is 0 Å². The molecule has 132 valence electrons. The summed E-state index contributed by atoms with van der Waals surface area (Å²) in [5.74, 6) is 0.839. The zero-order valence-electron chi connectivity index (χ0n) is 15.4. The average Bonchev–Trinajstić information content (AvgIpc) is 2.43. The fourth-order valence-electron chi connectivity index (χ4n) is 6.56. The first-order chi connectivity index (χ1) is 10.5. The van der Waals surface area contributed by atoms with E-state index in [1.807, 2.05) is 6.08 Å². The van der Waals surface area contributed by atoms with E-state index >= 15 is 0 Å². The molecule has 0 aromatic heterocycles. The molecule has 0 spiro atoms. The highest BCUT2D eigenvalue weighted by molar-refractivity contribution is 5.15. The van der Waals surface area contributed by atoms with Gasteiger partial charge in [-0.15, -0.1) is 6.58 Å². The minimum atomic E-state index is -0.638. The van der Waals surface area contributed by atoms with Crippen molar-refractivity contribution >= 4 is 0 Å². The van der Waals surface area contributed by atoms with Gasteiger partial charge < -0.3 is 14.9 Å². The fourth-order valence-corrected chi connectivity index (χ4v) is 6.56. The lowest BCUT2D eigenvalue weighted by Gasteiger charge is -2.66. The quantitative estimate of drug-likeness (QED) is 0.724. The lowest BCUT2D eigenvalue weighted by molar-refractivity contribution is -0.275. The van der Waals surface area contributed by atoms with Gasteiger partial charge in [0, 0.05) is 0 Å². The zero-order valence-corrected chi connectivity index (χ0v) is 15.4. The van der Waals surface area contributed by atoms with E-state index < -0.39 is 12.2 Å². The number of rotatable bonds is 1. The van der Waals surface area contributed by atoms with Gasteiger partial charge in [-0.3, -0.25) is 0 Å². The van der Waals surface area contributed by atoms with Gasteiger partial charge in [-0.2, -0.15) is 0 Å². The van der Waals surface area contributed by atoms with E-state index in [1.54, 1.807) is 0 Å². The lowest BCUT2D eigenvalue weighted by atomic mass is 9.43. The first kappa shape index (κ1) is 17.4. The van der Waals surface area contributed by atoms with E-state index in [0.717, 1.165) is 25.7 Å². The number of aliphatic hydroxyl groups is 2. The summed E-state index contributed by atoms with van der Waals surface area (Å²) in [5, 5.41) is 21.1. The van der Waals surface area contributed by atoms with Gasteiger partial charge in [-0.05, 0) is 68.6 Å². The maximum Gasteiger partial charge on any atom is 0.0852 e. The Balaban J connectivity index is 1.98. The fraction of sp³-hybridized carbons (Fsp3) is 0.900. The molecule has 1 saturated heterocycles. The standard InChI is InChI=1S/C20H34O3/c1-7-18(4)10-8-15-19(5)12-13(21)16(22)17(2,3)14(19)9-11-20(15,6)23-18/h7,13-16,21-22H,1,8-12H2,2-6H3/t13-,14+,15-,16-,18-,19-,20+/m0/s1. The number of hydrogen-bond acceptors (Lipinski definition) is 3. The number of hydrogen-bond donors (Lipinski definition) is 2. The van der Waals surface area contributed by atoms with Crippen molar-refractivity contribution in [3.8, 4) is 0 Å². The Morgan fingerprint density at radius 2 is 1.61 bits per heavy atom. The molecule has 2 N–H and O–H groups in total. The number of aliphatic hydroxyl groups excluding tert-OH is 2. The van der Waals surface area contributed by atoms with Crippen molar-refractivity contribution in [1.29, 1.82) is 0 Å². The largest absolute Gasteiger partial charge is 0.390 e. The third kappa shape index (κ3) is 2.34. The van der Waals surface area contributed by atoms with Gasteiger partial charge in [-0.25, -0.2) is 0 Å². The van der Waals surface area contributed by atoms with Gasteiger partial charge in [-0.1, -0.05) is 26.8 Å². The molecule has 7 atom stereocenters. The third-order valence-electron chi connectivity index (χ3n) is 7.76. The molecule has 3 rings (SSSR count). The molecule has 3 aliphatic rings. The second-order valence-corrected chi connectivity index (χ2v) is 9.66. The monoisotopic (exact) mass is 322 g/mol. The first-order valence-corrected chi connectivity index (χ1v) is 9.18. The van der Waals surface area contributed by atoms with Crippen LogP contribution in [0.3, 0.4) is 0 Å². The second kappa shape index (κ2) is 5.06. The Labute approximate surface area is 141 Å². The molecule has 0 aromatic rings. The minimum Gasteiger partial charge on any atom is -0.390 e. The summed E-state index contributed by atoms with van der Waals surface area (Å²) in [6, 6.07) is 0. The van der Waals surface area contributed by atoms with Crippen LogP contribution in [0.2, 0.25) is 0 Å². The maximum atomic E-state index is 10.5. The Kier molecular flexibility index (Phi) is 3.84. The van der Waals surface area contributed by atoms with Crippen molar-refractivity contribution in [1.82, 2.24) is 0 Å². The highest BCUT2D eigenvalue weighted by atomic mass is 16.5. The smallest absolute Gasteiger partial charge is 0.0852 e. The summed E-state index contributed by atoms with van der Waals surface area (Å²) >= 11 is 0. The SMILES string of the molecule is C=C[C@@]1(C)CC[C@H]2[C@@]3(C)C[C@H](O)[C@H](O)C(C)(C)[C@H]3CC[C@@]2(C)O1. The van der Waals surface area contributed by atoms with Gasteiger partial charge in [0.05, 0.1) is 23.4 Å². The molecular formula is C20H34O3. The zero-order chi connectivity index (χ0) is 17.3. The van der Waals surface area contributed by atoms with Crippen LogP contribution in [0.5, 0.6) is 0 Å². The van der Waals surface area contributed by atoms with E-state index in [4.69, 9.17) is 4.74 Å². The van der Waals surface area contributed by atoms with Crippen LogP contribution in [0.1, 0.15) is 66.7 Å². The van der Waals surface area contributed by atoms with Gasteiger partial charge in [0.15, 0.2) is 0 Å². The van der Waals surface area contributed by atoms with Crippen LogP contribution in [-0.4, -0.2) is 33.6 Å². The average molecular weight is 322 g/mol. The van der Waals surface area contributed by atoms with E-state index in [-0.39, 0.29) is 22.0 Å². The molecule has 1 aliphatic heterocycles. The van der Waals surface area contributed by atoms with Gasteiger partial charge in [0.2, 0.25) is 0 Å². The van der Waals surface area contributed by atoms with E-state index in [9.17, 15) is 10.2 Å². The summed E-state index contributed by atoms with van der Waals surface area (Å²) < 4.78 is 6.60. The molecule has 3 nitrogen and oxygen atoms in total. The molecule has 0 unspecified atom stereocenters. The first-order valence-electron chi connectivity index (χ1n) is 9.18. The van der Waals surface area contributed by atoms with Crippen LogP contribution in [-0.2, 0) is 4.74 Å². The Morgan fingerprint density at radius 3 is 2.22 bits per heavy atom. The van der Waals surface area contributed by atoms with Crippen LogP contribution < -0.4 is 0 Å². The van der Waals surface area contributed by atoms with Crippen molar-refractivity contribution in [3.63, 3.8) is 0 Å². The summed E-state index contributed by atoms with van der Waals surface area (Å²) in [5.41, 5.74) is -0.647. The molecule has 3 fully saturated rings. The van der Waals surface area contributed by atoms with Gasteiger partial charge >= 0.3 is 0 Å². The summed E-state index contributed by atoms with van der Waals surface area (Å²) in [6.45, 7) is 14.9. The molecule has 1 heterocycles. The Hall–Kier alpha value is -0.380. The normalized spacial score (nSPS) is 55.6. The second-order valence-electron chi connectivity index (χ2n) is 9.66. The highest BCUT2D eigenvalue weighted by Crippen LogP contribution is 2.65. The highest BCUT2D eigenvalue weighted by Gasteiger charge is 2.64. The van der Waals surface area contributed by atoms with Crippen LogP contribution in [0.4, 0.5) is 0 Å². The predicted molar refractivity (Wildman–Crippen MR) is 92.1 cm³/mol. The number of ether oxygens (including phenoxy) is 1. The van der Waals surface area contributed by atoms with Crippen molar-refractivity contribution in [2.45, 2.75) is 90.1 Å². The molecule has 3 heteroatoms. The Bertz CT molecular complexity index is 501. The van der Waals surface area contributed by atoms with Crippen molar-refractivity contribution < 1.29 is 14.9 Å². The summed E-state index contributed by atoms with van der Waals surface area (Å²) in [4.78, 5) is 0.